The number of benzene rings is 1. The van der Waals surface area contributed by atoms with Crippen LogP contribution in [0.25, 0.3) is 22.2 Å². The summed E-state index contributed by atoms with van der Waals surface area (Å²) in [6.45, 7) is 7.80. The van der Waals surface area contributed by atoms with E-state index in [-0.39, 0.29) is 48.7 Å². The van der Waals surface area contributed by atoms with Gasteiger partial charge < -0.3 is 28.7 Å². The van der Waals surface area contributed by atoms with Crippen LogP contribution in [0.15, 0.2) is 18.3 Å². The molecule has 270 valence electrons. The average Bonchev–Trinajstić information content (AvgIpc) is 3.48. The quantitative estimate of drug-likeness (QED) is 0.210. The lowest BCUT2D eigenvalue weighted by molar-refractivity contribution is 0.0292. The van der Waals surface area contributed by atoms with Gasteiger partial charge in [0.1, 0.15) is 41.2 Å². The van der Waals surface area contributed by atoms with Crippen LogP contribution in [0.3, 0.4) is 0 Å². The van der Waals surface area contributed by atoms with Crippen LogP contribution in [0.1, 0.15) is 70.8 Å². The molecule has 3 aliphatic heterocycles. The Balaban J connectivity index is 1.28. The van der Waals surface area contributed by atoms with Crippen molar-refractivity contribution in [3.05, 3.63) is 34.7 Å². The lowest BCUT2D eigenvalue weighted by Gasteiger charge is -2.31. The van der Waals surface area contributed by atoms with Gasteiger partial charge in [0.05, 0.1) is 10.9 Å². The Bertz CT molecular complexity index is 1770. The number of likely N-dealkylation sites (tertiary alicyclic amines) is 1. The van der Waals surface area contributed by atoms with Gasteiger partial charge >= 0.3 is 12.1 Å². The third-order valence-corrected chi connectivity index (χ3v) is 10.6. The van der Waals surface area contributed by atoms with Crippen LogP contribution in [0.4, 0.5) is 19.4 Å². The average molecular weight is 715 g/mol. The van der Waals surface area contributed by atoms with Crippen LogP contribution in [-0.2, 0) is 9.47 Å². The highest BCUT2D eigenvalue weighted by atomic mass is 35.5. The van der Waals surface area contributed by atoms with Gasteiger partial charge in [0.25, 0.3) is 0 Å². The fourth-order valence-corrected chi connectivity index (χ4v) is 8.06. The normalized spacial score (nSPS) is 23.8. The van der Waals surface area contributed by atoms with E-state index in [1.807, 2.05) is 32.7 Å². The van der Waals surface area contributed by atoms with Gasteiger partial charge in [-0.2, -0.15) is 9.97 Å². The molecule has 0 N–H and O–H groups in total. The van der Waals surface area contributed by atoms with Gasteiger partial charge in [-0.3, -0.25) is 9.88 Å². The molecule has 0 bridgehead atoms. The topological polar surface area (TPSA) is 102 Å². The first-order valence-electron chi connectivity index (χ1n) is 17.4. The number of carbonyl (C=O) groups excluding carboxylic acids is 1. The third-order valence-electron chi connectivity index (χ3n) is 10.3. The number of amides is 1. The maximum absolute atomic E-state index is 17.0. The number of nitrogens with zero attached hydrogens (tertiary/aromatic N) is 6. The largest absolute Gasteiger partial charge is 0.467 e. The molecule has 1 aromatic carbocycles. The lowest BCUT2D eigenvalue weighted by atomic mass is 9.95. The lowest BCUT2D eigenvalue weighted by Crippen LogP contribution is -2.43. The van der Waals surface area contributed by atoms with Crippen molar-refractivity contribution in [1.82, 2.24) is 24.8 Å². The number of aromatic nitrogens is 3. The van der Waals surface area contributed by atoms with Gasteiger partial charge in [-0.15, -0.1) is 0 Å². The number of methoxy groups -OCH3 is 1. The molecule has 5 heterocycles. The smallest absolute Gasteiger partial charge is 0.410 e. The number of halogens is 3. The molecule has 0 radical (unpaired) electrons. The molecule has 0 spiro atoms. The molecule has 7 rings (SSSR count). The summed E-state index contributed by atoms with van der Waals surface area (Å²) in [7, 11) is 3.39. The van der Waals surface area contributed by atoms with E-state index in [0.29, 0.717) is 60.0 Å². The summed E-state index contributed by atoms with van der Waals surface area (Å²) in [6, 6.07) is 3.32. The number of ether oxygens (including phenoxy) is 4. The number of fused-ring (bicyclic) bond motifs is 2. The molecule has 2 aromatic heterocycles. The second-order valence-corrected chi connectivity index (χ2v) is 15.5. The summed E-state index contributed by atoms with van der Waals surface area (Å²) in [5.41, 5.74) is 0.429. The van der Waals surface area contributed by atoms with Crippen molar-refractivity contribution in [2.24, 2.45) is 0 Å². The van der Waals surface area contributed by atoms with Crippen LogP contribution in [0.2, 0.25) is 5.02 Å². The minimum atomic E-state index is -0.921. The van der Waals surface area contributed by atoms with Gasteiger partial charge in [0.15, 0.2) is 12.6 Å². The van der Waals surface area contributed by atoms with Crippen LogP contribution in [-0.4, -0.2) is 108 Å². The van der Waals surface area contributed by atoms with E-state index in [0.717, 1.165) is 37.8 Å². The minimum Gasteiger partial charge on any atom is -0.467 e. The Morgan fingerprint density at radius 2 is 1.94 bits per heavy atom. The molecule has 4 aliphatic rings. The minimum absolute atomic E-state index is 0.00134. The SMILES string of the molecule is COCOc1cc(Cl)c(C2CC2)c(-c2ncc3c(N(C)[C@@H]4CCN(C(=O)OC(C)(C)C)C4)nc(OC[C@@]45CCCN4C[C@H](F)C5)nc3c2F)c1. The van der Waals surface area contributed by atoms with Gasteiger partial charge in [0.2, 0.25) is 0 Å². The van der Waals surface area contributed by atoms with Crippen molar-refractivity contribution >= 4 is 34.4 Å². The first-order valence-corrected chi connectivity index (χ1v) is 17.8. The van der Waals surface area contributed by atoms with Crippen LogP contribution >= 0.6 is 11.6 Å². The predicted octanol–water partition coefficient (Wildman–Crippen LogP) is 6.75. The van der Waals surface area contributed by atoms with Crippen molar-refractivity contribution in [1.29, 1.82) is 0 Å². The van der Waals surface area contributed by atoms with Gasteiger partial charge in [-0.05, 0) is 83.0 Å². The van der Waals surface area contributed by atoms with E-state index in [2.05, 4.69) is 14.9 Å². The molecule has 3 aromatic rings. The Morgan fingerprint density at radius 1 is 1.14 bits per heavy atom. The number of pyridine rings is 1. The molecular weight excluding hydrogens is 670 g/mol. The number of carbonyl (C=O) groups is 1. The first-order chi connectivity index (χ1) is 23.9. The van der Waals surface area contributed by atoms with Crippen LogP contribution < -0.4 is 14.4 Å². The summed E-state index contributed by atoms with van der Waals surface area (Å²) in [5, 5.41) is 0.872. The van der Waals surface area contributed by atoms with E-state index in [4.69, 9.17) is 35.5 Å². The summed E-state index contributed by atoms with van der Waals surface area (Å²) < 4.78 is 54.3. The second kappa shape index (κ2) is 13.5. The van der Waals surface area contributed by atoms with Crippen molar-refractivity contribution in [3.63, 3.8) is 0 Å². The Labute approximate surface area is 296 Å². The zero-order chi connectivity index (χ0) is 35.4. The third kappa shape index (κ3) is 6.88. The van der Waals surface area contributed by atoms with Gasteiger partial charge in [-0.1, -0.05) is 11.6 Å². The van der Waals surface area contributed by atoms with Gasteiger partial charge in [-0.25, -0.2) is 13.6 Å². The zero-order valence-electron chi connectivity index (χ0n) is 29.3. The molecule has 1 aliphatic carbocycles. The van der Waals surface area contributed by atoms with Crippen molar-refractivity contribution in [2.45, 2.75) is 88.6 Å². The maximum Gasteiger partial charge on any atom is 0.410 e. The monoisotopic (exact) mass is 714 g/mol. The molecule has 14 heteroatoms. The van der Waals surface area contributed by atoms with E-state index in [9.17, 15) is 9.18 Å². The molecule has 3 saturated heterocycles. The van der Waals surface area contributed by atoms with E-state index in [1.165, 1.54) is 7.11 Å². The second-order valence-electron chi connectivity index (χ2n) is 15.0. The number of likely N-dealkylation sites (N-methyl/N-ethyl adjacent to an activating group) is 1. The molecular formula is C36H45ClF2N6O5. The number of alkyl halides is 1. The maximum atomic E-state index is 17.0. The number of hydrogen-bond donors (Lipinski definition) is 0. The number of rotatable bonds is 10. The summed E-state index contributed by atoms with van der Waals surface area (Å²) in [5.74, 6) is 0.403. The van der Waals surface area contributed by atoms with Gasteiger partial charge in [0, 0.05) is 63.0 Å². The summed E-state index contributed by atoms with van der Waals surface area (Å²) in [4.78, 5) is 32.7. The van der Waals surface area contributed by atoms with Crippen LogP contribution in [0, 0.1) is 5.82 Å². The van der Waals surface area contributed by atoms with E-state index >= 15 is 4.39 Å². The molecule has 3 atom stereocenters. The number of anilines is 1. The first kappa shape index (κ1) is 34.9. The Hall–Kier alpha value is -3.55. The predicted molar refractivity (Wildman–Crippen MR) is 185 cm³/mol. The van der Waals surface area contributed by atoms with Crippen LogP contribution in [0.5, 0.6) is 11.8 Å². The fraction of sp³-hybridized carbons (Fsp3) is 0.611. The standard InChI is InChI=1S/C36H45ClF2N6O5/c1-35(2,3)50-34(46)44-12-9-23(18-44)43(4)32-26-16-40-30(25-13-24(49-20-47-5)14-27(37)28(25)21-7-8-21)29(39)31(26)41-33(42-32)48-19-36-10-6-11-45(36)17-22(38)15-36/h13-14,16,21-23H,6-12,15,17-20H2,1-5H3/t22-,23-,36+/m1/s1. The van der Waals surface area contributed by atoms with E-state index in [1.54, 1.807) is 23.2 Å². The highest BCUT2D eigenvalue weighted by Crippen LogP contribution is 2.49. The molecule has 0 unspecified atom stereocenters. The summed E-state index contributed by atoms with van der Waals surface area (Å²) in [6.07, 6.45) is 4.96. The van der Waals surface area contributed by atoms with Crippen molar-refractivity contribution in [3.8, 4) is 23.0 Å². The molecule has 11 nitrogen and oxygen atoms in total. The number of hydrogen-bond acceptors (Lipinski definition) is 10. The highest BCUT2D eigenvalue weighted by molar-refractivity contribution is 6.32. The highest BCUT2D eigenvalue weighted by Gasteiger charge is 2.49. The zero-order valence-corrected chi connectivity index (χ0v) is 30.1. The molecule has 1 amide bonds. The molecule has 1 saturated carbocycles. The van der Waals surface area contributed by atoms with Crippen molar-refractivity contribution in [2.75, 3.05) is 58.6 Å². The molecule has 50 heavy (non-hydrogen) atoms. The molecule has 4 fully saturated rings. The Morgan fingerprint density at radius 3 is 2.68 bits per heavy atom. The van der Waals surface area contributed by atoms with Crippen molar-refractivity contribution < 1.29 is 32.5 Å². The Kier molecular flexibility index (Phi) is 9.44. The van der Waals surface area contributed by atoms with E-state index < -0.39 is 23.1 Å². The fourth-order valence-electron chi connectivity index (χ4n) is 7.70. The summed E-state index contributed by atoms with van der Waals surface area (Å²) >= 11 is 6.77.